The fraction of sp³-hybridized carbons (Fsp3) is 0.586. The van der Waals surface area contributed by atoms with Crippen LogP contribution in [-0.4, -0.2) is 73.9 Å². The second-order valence-electron chi connectivity index (χ2n) is 10.4. The number of hydrogen-bond donors (Lipinski definition) is 2. The highest BCUT2D eigenvalue weighted by atomic mass is 35.5. The number of halogens is 2. The first-order valence-electron chi connectivity index (χ1n) is 13.9. The first-order chi connectivity index (χ1) is 19.4. The molecule has 218 valence electrons. The Morgan fingerprint density at radius 1 is 1.23 bits per heavy atom. The van der Waals surface area contributed by atoms with E-state index in [2.05, 4.69) is 5.32 Å². The van der Waals surface area contributed by atoms with Crippen molar-refractivity contribution in [2.24, 2.45) is 4.99 Å². The topological polar surface area (TPSA) is 104 Å². The van der Waals surface area contributed by atoms with E-state index in [1.54, 1.807) is 13.2 Å². The Bertz CT molecular complexity index is 1230. The molecule has 0 spiro atoms. The van der Waals surface area contributed by atoms with Crippen LogP contribution in [0.5, 0.6) is 5.75 Å². The SMILES string of the molecule is CCCC(=Nc1nc(NC2CCc3cc(OCCCOC)cc(F)c32)c(Cl)cc1C)O[C@@H]1CO[C@H]2[C@@H]1OC[C@H]2O. The van der Waals surface area contributed by atoms with Crippen molar-refractivity contribution in [2.75, 3.05) is 38.9 Å². The molecule has 2 aromatic rings. The van der Waals surface area contributed by atoms with Gasteiger partial charge in [0.15, 0.2) is 17.8 Å². The number of benzene rings is 1. The number of aromatic nitrogens is 1. The molecule has 11 heteroatoms. The van der Waals surface area contributed by atoms with Crippen molar-refractivity contribution in [1.82, 2.24) is 4.98 Å². The highest BCUT2D eigenvalue weighted by Gasteiger charge is 2.48. The lowest BCUT2D eigenvalue weighted by atomic mass is 10.1. The number of hydrogen-bond acceptors (Lipinski definition) is 9. The number of aliphatic imine (C=N–C) groups is 1. The average molecular weight is 578 g/mol. The molecule has 3 aliphatic rings. The molecule has 1 aromatic carbocycles. The van der Waals surface area contributed by atoms with Gasteiger partial charge in [0.05, 0.1) is 30.9 Å². The van der Waals surface area contributed by atoms with Crippen LogP contribution < -0.4 is 10.1 Å². The molecule has 5 rings (SSSR count). The summed E-state index contributed by atoms with van der Waals surface area (Å²) in [7, 11) is 1.64. The number of nitrogens with zero attached hydrogens (tertiary/aromatic N) is 2. The van der Waals surface area contributed by atoms with Gasteiger partial charge in [0.2, 0.25) is 0 Å². The minimum Gasteiger partial charge on any atom is -0.493 e. The quantitative estimate of drug-likeness (QED) is 0.217. The number of anilines is 1. The predicted octanol–water partition coefficient (Wildman–Crippen LogP) is 5.07. The van der Waals surface area contributed by atoms with Crippen LogP contribution in [0.3, 0.4) is 0 Å². The zero-order chi connectivity index (χ0) is 28.2. The molecule has 1 aliphatic carbocycles. The van der Waals surface area contributed by atoms with Crippen LogP contribution >= 0.6 is 11.6 Å². The first kappa shape index (κ1) is 29.0. The second-order valence-corrected chi connectivity index (χ2v) is 10.8. The van der Waals surface area contributed by atoms with Crippen molar-refractivity contribution in [1.29, 1.82) is 0 Å². The van der Waals surface area contributed by atoms with Gasteiger partial charge in [0.25, 0.3) is 0 Å². The van der Waals surface area contributed by atoms with Crippen LogP contribution in [0.25, 0.3) is 0 Å². The average Bonchev–Trinajstić information content (AvgIpc) is 3.62. The molecule has 0 bridgehead atoms. The van der Waals surface area contributed by atoms with Crippen molar-refractivity contribution in [3.05, 3.63) is 45.7 Å². The number of rotatable bonds is 11. The van der Waals surface area contributed by atoms with Gasteiger partial charge in [-0.05, 0) is 49.4 Å². The fourth-order valence-corrected chi connectivity index (χ4v) is 5.71. The lowest BCUT2D eigenvalue weighted by Crippen LogP contribution is -2.34. The lowest BCUT2D eigenvalue weighted by Gasteiger charge is -2.20. The molecule has 2 saturated heterocycles. The van der Waals surface area contributed by atoms with E-state index in [4.69, 9.17) is 45.3 Å². The Morgan fingerprint density at radius 2 is 2.05 bits per heavy atom. The molecular formula is C29H37ClFN3O6. The van der Waals surface area contributed by atoms with E-state index in [1.807, 2.05) is 19.9 Å². The minimum absolute atomic E-state index is 0.232. The number of aryl methyl sites for hydroxylation is 2. The van der Waals surface area contributed by atoms with Crippen molar-refractivity contribution < 1.29 is 33.2 Å². The molecule has 0 radical (unpaired) electrons. The standard InChI is InChI=1S/C29H37ClFN3O6/c1-4-6-24(40-23-15-39-26-22(35)14-38-27(23)26)33-28-16(2)11-19(30)29(34-28)32-21-8-7-17-12-18(13-20(31)25(17)21)37-10-5-9-36-3/h11-13,21-23,26-27,35H,4-10,14-15H2,1-3H3,(H,32,34)/t21?,22-,23-,26-,27-/m1/s1. The van der Waals surface area contributed by atoms with Crippen molar-refractivity contribution in [3.8, 4) is 5.75 Å². The van der Waals surface area contributed by atoms with Crippen LogP contribution in [0.15, 0.2) is 23.2 Å². The third-order valence-corrected chi connectivity index (χ3v) is 7.70. The van der Waals surface area contributed by atoms with Crippen molar-refractivity contribution >= 4 is 29.1 Å². The van der Waals surface area contributed by atoms with Gasteiger partial charge < -0.3 is 34.1 Å². The zero-order valence-corrected chi connectivity index (χ0v) is 23.9. The maximum absolute atomic E-state index is 15.2. The molecule has 0 amide bonds. The number of ether oxygens (including phenoxy) is 5. The molecule has 3 heterocycles. The Hall–Kier alpha value is -2.50. The van der Waals surface area contributed by atoms with Crippen LogP contribution in [0, 0.1) is 12.7 Å². The third kappa shape index (κ3) is 6.36. The predicted molar refractivity (Wildman–Crippen MR) is 149 cm³/mol. The van der Waals surface area contributed by atoms with Gasteiger partial charge in [0, 0.05) is 38.2 Å². The summed E-state index contributed by atoms with van der Waals surface area (Å²) in [5.41, 5.74) is 2.31. The third-order valence-electron chi connectivity index (χ3n) is 7.42. The molecule has 5 atom stereocenters. The molecule has 9 nitrogen and oxygen atoms in total. The van der Waals surface area contributed by atoms with Crippen LogP contribution in [0.4, 0.5) is 16.0 Å². The Balaban J connectivity index is 1.32. The van der Waals surface area contributed by atoms with E-state index in [-0.39, 0.29) is 36.8 Å². The molecular weight excluding hydrogens is 541 g/mol. The Kier molecular flexibility index (Phi) is 9.42. The van der Waals surface area contributed by atoms with E-state index < -0.39 is 6.10 Å². The van der Waals surface area contributed by atoms with E-state index >= 15 is 4.39 Å². The summed E-state index contributed by atoms with van der Waals surface area (Å²) in [6, 6.07) is 4.86. The van der Waals surface area contributed by atoms with Gasteiger partial charge in [0.1, 0.15) is 35.7 Å². The van der Waals surface area contributed by atoms with Gasteiger partial charge in [-0.3, -0.25) is 0 Å². The summed E-state index contributed by atoms with van der Waals surface area (Å²) in [4.78, 5) is 9.46. The summed E-state index contributed by atoms with van der Waals surface area (Å²) in [5.74, 6) is 1.63. The number of pyridine rings is 1. The van der Waals surface area contributed by atoms with E-state index in [9.17, 15) is 5.11 Å². The highest BCUT2D eigenvalue weighted by molar-refractivity contribution is 6.33. The summed E-state index contributed by atoms with van der Waals surface area (Å²) in [6.45, 7) is 5.54. The van der Waals surface area contributed by atoms with Crippen LogP contribution in [0.1, 0.15) is 55.3 Å². The maximum atomic E-state index is 15.2. The van der Waals surface area contributed by atoms with E-state index in [0.717, 1.165) is 24.0 Å². The fourth-order valence-electron chi connectivity index (χ4n) is 5.45. The maximum Gasteiger partial charge on any atom is 0.190 e. The molecule has 2 fully saturated rings. The summed E-state index contributed by atoms with van der Waals surface area (Å²) >= 11 is 6.58. The zero-order valence-electron chi connectivity index (χ0n) is 23.1. The Labute approximate surface area is 239 Å². The van der Waals surface area contributed by atoms with Gasteiger partial charge in [-0.25, -0.2) is 9.37 Å². The Morgan fingerprint density at radius 3 is 2.85 bits per heavy atom. The summed E-state index contributed by atoms with van der Waals surface area (Å²) in [5, 5.41) is 13.8. The molecule has 2 aliphatic heterocycles. The number of aliphatic hydroxyl groups is 1. The minimum atomic E-state index is -0.649. The molecule has 0 saturated carbocycles. The van der Waals surface area contributed by atoms with Gasteiger partial charge >= 0.3 is 0 Å². The second kappa shape index (κ2) is 13.0. The van der Waals surface area contributed by atoms with Gasteiger partial charge in [-0.15, -0.1) is 0 Å². The number of fused-ring (bicyclic) bond motifs is 2. The molecule has 1 aromatic heterocycles. The largest absolute Gasteiger partial charge is 0.493 e. The highest BCUT2D eigenvalue weighted by Crippen LogP contribution is 2.40. The van der Waals surface area contributed by atoms with Gasteiger partial charge in [-0.1, -0.05) is 18.5 Å². The summed E-state index contributed by atoms with van der Waals surface area (Å²) < 4.78 is 43.6. The monoisotopic (exact) mass is 577 g/mol. The van der Waals surface area contributed by atoms with Crippen LogP contribution in [-0.2, 0) is 25.4 Å². The molecule has 2 N–H and O–H groups in total. The first-order valence-corrected chi connectivity index (χ1v) is 14.3. The molecule has 1 unspecified atom stereocenters. The summed E-state index contributed by atoms with van der Waals surface area (Å²) in [6.07, 6.45) is 1.84. The number of aliphatic hydroxyl groups excluding tert-OH is 1. The normalized spacial score (nSPS) is 25.6. The van der Waals surface area contributed by atoms with E-state index in [0.29, 0.717) is 73.0 Å². The van der Waals surface area contributed by atoms with Gasteiger partial charge in [-0.2, -0.15) is 4.99 Å². The lowest BCUT2D eigenvalue weighted by molar-refractivity contribution is 0.00529. The number of nitrogens with one attached hydrogen (secondary N) is 1. The molecule has 40 heavy (non-hydrogen) atoms. The smallest absolute Gasteiger partial charge is 0.190 e. The van der Waals surface area contributed by atoms with Crippen molar-refractivity contribution in [2.45, 2.75) is 76.4 Å². The van der Waals surface area contributed by atoms with Crippen molar-refractivity contribution in [3.63, 3.8) is 0 Å². The number of methoxy groups -OCH3 is 1. The van der Waals surface area contributed by atoms with Crippen LogP contribution in [0.2, 0.25) is 5.02 Å². The van der Waals surface area contributed by atoms with E-state index in [1.165, 1.54) is 6.07 Å².